The minimum absolute atomic E-state index is 0.233. The molecule has 2 rings (SSSR count). The van der Waals surface area contributed by atoms with Gasteiger partial charge in [0.25, 0.3) is 0 Å². The van der Waals surface area contributed by atoms with Gasteiger partial charge >= 0.3 is 0 Å². The van der Waals surface area contributed by atoms with Crippen molar-refractivity contribution in [1.82, 2.24) is 0 Å². The molecule has 92 valence electrons. The highest BCUT2D eigenvalue weighted by molar-refractivity contribution is 5.77. The molecule has 0 saturated heterocycles. The topological polar surface area (TPSA) is 60.4 Å². The molecule has 0 spiro atoms. The van der Waals surface area contributed by atoms with E-state index in [2.05, 4.69) is 0 Å². The quantitative estimate of drug-likeness (QED) is 0.853. The monoisotopic (exact) mass is 233 g/mol. The Balaban J connectivity index is 2.35. The second-order valence-corrected chi connectivity index (χ2v) is 4.75. The van der Waals surface area contributed by atoms with Crippen molar-refractivity contribution in [2.45, 2.75) is 37.7 Å². The SMILES string of the molecule is O=C([O-])[C@@](O)(c1ccccc1)C1CCCCC1. The first-order valence-electron chi connectivity index (χ1n) is 6.15. The van der Waals surface area contributed by atoms with Gasteiger partial charge in [-0.15, -0.1) is 0 Å². The molecule has 17 heavy (non-hydrogen) atoms. The van der Waals surface area contributed by atoms with Crippen LogP contribution in [0, 0.1) is 5.92 Å². The van der Waals surface area contributed by atoms with Crippen LogP contribution in [0.5, 0.6) is 0 Å². The van der Waals surface area contributed by atoms with Crippen LogP contribution >= 0.6 is 0 Å². The first-order chi connectivity index (χ1) is 8.15. The summed E-state index contributed by atoms with van der Waals surface area (Å²) in [6.07, 6.45) is 4.58. The van der Waals surface area contributed by atoms with Crippen molar-refractivity contribution in [2.75, 3.05) is 0 Å². The Morgan fingerprint density at radius 1 is 1.18 bits per heavy atom. The number of hydrogen-bond acceptors (Lipinski definition) is 3. The van der Waals surface area contributed by atoms with Crippen molar-refractivity contribution >= 4 is 5.97 Å². The molecule has 0 amide bonds. The maximum absolute atomic E-state index is 11.4. The summed E-state index contributed by atoms with van der Waals surface area (Å²) in [5.41, 5.74) is -1.39. The lowest BCUT2D eigenvalue weighted by molar-refractivity contribution is -0.331. The van der Waals surface area contributed by atoms with Gasteiger partial charge in [0.2, 0.25) is 0 Å². The van der Waals surface area contributed by atoms with E-state index in [9.17, 15) is 15.0 Å². The van der Waals surface area contributed by atoms with E-state index >= 15 is 0 Å². The van der Waals surface area contributed by atoms with E-state index in [0.717, 1.165) is 32.1 Å². The van der Waals surface area contributed by atoms with E-state index in [1.54, 1.807) is 30.3 Å². The molecular weight excluding hydrogens is 216 g/mol. The number of hydrogen-bond donors (Lipinski definition) is 1. The van der Waals surface area contributed by atoms with Crippen molar-refractivity contribution in [3.8, 4) is 0 Å². The number of aliphatic hydroxyl groups is 1. The van der Waals surface area contributed by atoms with Crippen LogP contribution in [0.4, 0.5) is 0 Å². The van der Waals surface area contributed by atoms with Crippen LogP contribution in [0.3, 0.4) is 0 Å². The Hall–Kier alpha value is -1.35. The van der Waals surface area contributed by atoms with Crippen molar-refractivity contribution in [2.24, 2.45) is 5.92 Å². The fourth-order valence-corrected chi connectivity index (χ4v) is 2.73. The van der Waals surface area contributed by atoms with Gasteiger partial charge in [-0.25, -0.2) is 0 Å². The molecule has 1 aromatic rings. The predicted molar refractivity (Wildman–Crippen MR) is 61.9 cm³/mol. The molecule has 0 radical (unpaired) electrons. The van der Waals surface area contributed by atoms with Gasteiger partial charge < -0.3 is 15.0 Å². The molecule has 0 aromatic heterocycles. The van der Waals surface area contributed by atoms with E-state index in [0.29, 0.717) is 5.56 Å². The van der Waals surface area contributed by atoms with E-state index in [1.807, 2.05) is 0 Å². The number of carboxylic acid groups (broad SMARTS) is 1. The third-order valence-corrected chi connectivity index (χ3v) is 3.72. The molecule has 1 aliphatic carbocycles. The van der Waals surface area contributed by atoms with Crippen LogP contribution in [0.25, 0.3) is 0 Å². The third-order valence-electron chi connectivity index (χ3n) is 3.72. The number of rotatable bonds is 3. The van der Waals surface area contributed by atoms with Gasteiger partial charge in [-0.05, 0) is 24.3 Å². The maximum Gasteiger partial charge on any atom is 0.132 e. The number of benzene rings is 1. The molecule has 3 nitrogen and oxygen atoms in total. The average Bonchev–Trinajstić information content (AvgIpc) is 2.39. The number of carboxylic acids is 1. The molecule has 0 heterocycles. The maximum atomic E-state index is 11.4. The van der Waals surface area contributed by atoms with Gasteiger partial charge in [-0.2, -0.15) is 0 Å². The fourth-order valence-electron chi connectivity index (χ4n) is 2.73. The van der Waals surface area contributed by atoms with Crippen molar-refractivity contribution in [3.05, 3.63) is 35.9 Å². The zero-order chi connectivity index (χ0) is 12.3. The summed E-state index contributed by atoms with van der Waals surface area (Å²) in [4.78, 5) is 11.4. The summed E-state index contributed by atoms with van der Waals surface area (Å²) >= 11 is 0. The zero-order valence-electron chi connectivity index (χ0n) is 9.76. The average molecular weight is 233 g/mol. The highest BCUT2D eigenvalue weighted by Crippen LogP contribution is 2.38. The first-order valence-corrected chi connectivity index (χ1v) is 6.15. The largest absolute Gasteiger partial charge is 0.547 e. The number of carbonyl (C=O) groups excluding carboxylic acids is 1. The Morgan fingerprint density at radius 2 is 1.76 bits per heavy atom. The van der Waals surface area contributed by atoms with Gasteiger partial charge in [0.1, 0.15) is 5.60 Å². The molecule has 0 aliphatic heterocycles. The number of aliphatic carboxylic acids is 1. The van der Waals surface area contributed by atoms with Crippen LogP contribution in [-0.2, 0) is 10.4 Å². The highest BCUT2D eigenvalue weighted by atomic mass is 16.4. The second kappa shape index (κ2) is 4.88. The molecule has 0 unspecified atom stereocenters. The molecule has 3 heteroatoms. The predicted octanol–water partition coefficient (Wildman–Crippen LogP) is 1.20. The van der Waals surface area contributed by atoms with E-state index in [-0.39, 0.29) is 5.92 Å². The second-order valence-electron chi connectivity index (χ2n) is 4.75. The Bertz CT molecular complexity index is 382. The van der Waals surface area contributed by atoms with Crippen LogP contribution < -0.4 is 5.11 Å². The van der Waals surface area contributed by atoms with E-state index in [1.165, 1.54) is 0 Å². The van der Waals surface area contributed by atoms with Gasteiger partial charge in [0.15, 0.2) is 0 Å². The Labute approximate surface area is 101 Å². The minimum atomic E-state index is -1.83. The van der Waals surface area contributed by atoms with Gasteiger partial charge in [-0.1, -0.05) is 49.6 Å². The summed E-state index contributed by atoms with van der Waals surface area (Å²) in [7, 11) is 0. The summed E-state index contributed by atoms with van der Waals surface area (Å²) in [6.45, 7) is 0. The van der Waals surface area contributed by atoms with Gasteiger partial charge in [-0.3, -0.25) is 0 Å². The fraction of sp³-hybridized carbons (Fsp3) is 0.500. The standard InChI is InChI=1S/C14H18O3/c15-13(16)14(17,11-7-3-1-4-8-11)12-9-5-2-6-10-12/h1,3-4,7-8,12,17H,2,5-6,9-10H2,(H,15,16)/p-1/t14-/m1/s1. The lowest BCUT2D eigenvalue weighted by Crippen LogP contribution is -2.51. The summed E-state index contributed by atoms with van der Waals surface area (Å²) in [5.74, 6) is -1.61. The molecule has 1 aliphatic rings. The first kappa shape index (κ1) is 12.1. The van der Waals surface area contributed by atoms with E-state index in [4.69, 9.17) is 0 Å². The summed E-state index contributed by atoms with van der Waals surface area (Å²) in [6, 6.07) is 8.60. The Kier molecular flexibility index (Phi) is 3.48. The van der Waals surface area contributed by atoms with Crippen molar-refractivity contribution < 1.29 is 15.0 Å². The van der Waals surface area contributed by atoms with Crippen LogP contribution in [0.15, 0.2) is 30.3 Å². The molecule has 1 fully saturated rings. The minimum Gasteiger partial charge on any atom is -0.547 e. The van der Waals surface area contributed by atoms with E-state index < -0.39 is 11.6 Å². The van der Waals surface area contributed by atoms with Crippen molar-refractivity contribution in [1.29, 1.82) is 0 Å². The molecule has 1 aromatic carbocycles. The summed E-state index contributed by atoms with van der Waals surface area (Å²) < 4.78 is 0. The molecule has 1 atom stereocenters. The smallest absolute Gasteiger partial charge is 0.132 e. The normalized spacial score (nSPS) is 20.8. The van der Waals surface area contributed by atoms with Gasteiger partial charge in [0, 0.05) is 0 Å². The lowest BCUT2D eigenvalue weighted by Gasteiger charge is -2.39. The zero-order valence-corrected chi connectivity index (χ0v) is 9.76. The summed E-state index contributed by atoms with van der Waals surface area (Å²) in [5, 5.41) is 21.9. The lowest BCUT2D eigenvalue weighted by atomic mass is 9.73. The molecular formula is C14H17O3-. The van der Waals surface area contributed by atoms with Gasteiger partial charge in [0.05, 0.1) is 5.97 Å². The van der Waals surface area contributed by atoms with Crippen LogP contribution in [0.1, 0.15) is 37.7 Å². The van der Waals surface area contributed by atoms with Crippen LogP contribution in [0.2, 0.25) is 0 Å². The highest BCUT2D eigenvalue weighted by Gasteiger charge is 2.40. The molecule has 1 saturated carbocycles. The third kappa shape index (κ3) is 2.20. The number of carbonyl (C=O) groups is 1. The molecule has 1 N–H and O–H groups in total. The van der Waals surface area contributed by atoms with Crippen molar-refractivity contribution in [3.63, 3.8) is 0 Å². The van der Waals surface area contributed by atoms with Crippen LogP contribution in [-0.4, -0.2) is 11.1 Å². The molecule has 0 bridgehead atoms. The Morgan fingerprint density at radius 3 is 2.29 bits per heavy atom.